The van der Waals surface area contributed by atoms with Gasteiger partial charge in [-0.05, 0) is 36.1 Å². The first kappa shape index (κ1) is 19.1. The Kier molecular flexibility index (Phi) is 6.24. The van der Waals surface area contributed by atoms with E-state index in [1.165, 1.54) is 0 Å². The summed E-state index contributed by atoms with van der Waals surface area (Å²) in [5, 5.41) is 12.0. The van der Waals surface area contributed by atoms with Gasteiger partial charge in [0.15, 0.2) is 0 Å². The number of carboxylic acids is 1. The maximum Gasteiger partial charge on any atom is 0.317 e. The van der Waals surface area contributed by atoms with Gasteiger partial charge < -0.3 is 10.4 Å². The zero-order chi connectivity index (χ0) is 19.2. The number of hydrogen-bond acceptors (Lipinski definition) is 3. The lowest BCUT2D eigenvalue weighted by Gasteiger charge is -2.42. The number of rotatable bonds is 8. The zero-order valence-electron chi connectivity index (χ0n) is 15.6. The third kappa shape index (κ3) is 5.17. The Morgan fingerprint density at radius 1 is 1.04 bits per heavy atom. The van der Waals surface area contributed by atoms with Gasteiger partial charge in [0, 0.05) is 12.1 Å². The van der Waals surface area contributed by atoms with Gasteiger partial charge in [-0.1, -0.05) is 61.5 Å². The molecule has 0 unspecified atom stereocenters. The van der Waals surface area contributed by atoms with Crippen molar-refractivity contribution in [2.24, 2.45) is 0 Å². The normalized spacial score (nSPS) is 18.7. The second-order valence-corrected chi connectivity index (χ2v) is 7.09. The van der Waals surface area contributed by atoms with Crippen LogP contribution >= 0.6 is 0 Å². The number of carboxylic acid groups (broad SMARTS) is 1. The van der Waals surface area contributed by atoms with Gasteiger partial charge in [-0.15, -0.1) is 0 Å². The molecule has 2 N–H and O–H groups in total. The average Bonchev–Trinajstić information content (AvgIpc) is 2.64. The number of aliphatic carboxylic acids is 1. The number of nitrogens with zero attached hydrogens (tertiary/aromatic N) is 1. The van der Waals surface area contributed by atoms with E-state index in [-0.39, 0.29) is 24.5 Å². The van der Waals surface area contributed by atoms with Gasteiger partial charge in [-0.3, -0.25) is 14.5 Å². The molecule has 0 heterocycles. The first-order chi connectivity index (χ1) is 13.0. The van der Waals surface area contributed by atoms with Crippen LogP contribution in [0.25, 0.3) is 11.1 Å². The highest BCUT2D eigenvalue weighted by Gasteiger charge is 2.34. The van der Waals surface area contributed by atoms with Crippen molar-refractivity contribution in [2.45, 2.75) is 38.3 Å². The molecular weight excluding hydrogens is 340 g/mol. The standard InChI is InChI=1S/C22H26N2O3/c1-2-24(15-22(26)27)20-13-19(14-20)23-21(25)12-16-8-10-18(11-9-16)17-6-4-3-5-7-17/h3-11,19-20H,2,12-15H2,1H3,(H,23,25)(H,26,27). The second kappa shape index (κ2) is 8.82. The Hall–Kier alpha value is -2.66. The summed E-state index contributed by atoms with van der Waals surface area (Å²) in [5.74, 6) is -0.782. The predicted octanol–water partition coefficient (Wildman–Crippen LogP) is 2.95. The summed E-state index contributed by atoms with van der Waals surface area (Å²) in [6, 6.07) is 18.6. The Bertz CT molecular complexity index is 768. The van der Waals surface area contributed by atoms with E-state index in [9.17, 15) is 9.59 Å². The van der Waals surface area contributed by atoms with Gasteiger partial charge in [0.05, 0.1) is 13.0 Å². The third-order valence-electron chi connectivity index (χ3n) is 5.16. The Morgan fingerprint density at radius 3 is 2.26 bits per heavy atom. The molecule has 0 saturated heterocycles. The van der Waals surface area contributed by atoms with Crippen LogP contribution in [-0.4, -0.2) is 47.1 Å². The van der Waals surface area contributed by atoms with E-state index in [0.717, 1.165) is 29.5 Å². The number of benzene rings is 2. The maximum atomic E-state index is 12.3. The highest BCUT2D eigenvalue weighted by Crippen LogP contribution is 2.26. The molecule has 2 aromatic carbocycles. The minimum Gasteiger partial charge on any atom is -0.480 e. The minimum atomic E-state index is -0.803. The highest BCUT2D eigenvalue weighted by molar-refractivity contribution is 5.79. The Morgan fingerprint density at radius 2 is 1.67 bits per heavy atom. The number of likely N-dealkylation sites (N-methyl/N-ethyl adjacent to an activating group) is 1. The van der Waals surface area contributed by atoms with Gasteiger partial charge in [-0.2, -0.15) is 0 Å². The van der Waals surface area contributed by atoms with Crippen LogP contribution in [0.15, 0.2) is 54.6 Å². The fourth-order valence-electron chi connectivity index (χ4n) is 3.59. The van der Waals surface area contributed by atoms with E-state index in [0.29, 0.717) is 13.0 Å². The average molecular weight is 366 g/mol. The van der Waals surface area contributed by atoms with Crippen LogP contribution in [0.1, 0.15) is 25.3 Å². The van der Waals surface area contributed by atoms with Gasteiger partial charge in [-0.25, -0.2) is 0 Å². The molecule has 3 rings (SSSR count). The molecule has 1 aliphatic rings. The first-order valence-electron chi connectivity index (χ1n) is 9.44. The van der Waals surface area contributed by atoms with Crippen LogP contribution < -0.4 is 5.32 Å². The van der Waals surface area contributed by atoms with Crippen molar-refractivity contribution in [3.63, 3.8) is 0 Å². The number of carbonyl (C=O) groups is 2. The second-order valence-electron chi connectivity index (χ2n) is 7.09. The molecule has 2 aromatic rings. The molecule has 0 radical (unpaired) electrons. The molecule has 1 fully saturated rings. The molecular formula is C22H26N2O3. The van der Waals surface area contributed by atoms with E-state index in [1.54, 1.807) is 0 Å². The van der Waals surface area contributed by atoms with Gasteiger partial charge >= 0.3 is 5.97 Å². The number of carbonyl (C=O) groups excluding carboxylic acids is 1. The van der Waals surface area contributed by atoms with Crippen molar-refractivity contribution in [1.82, 2.24) is 10.2 Å². The van der Waals surface area contributed by atoms with E-state index in [1.807, 2.05) is 54.3 Å². The monoisotopic (exact) mass is 366 g/mol. The lowest BCUT2D eigenvalue weighted by molar-refractivity contribution is -0.139. The SMILES string of the molecule is CCN(CC(=O)O)C1CC(NC(=O)Cc2ccc(-c3ccccc3)cc2)C1. The van der Waals surface area contributed by atoms with Gasteiger partial charge in [0.2, 0.25) is 5.91 Å². The molecule has 142 valence electrons. The summed E-state index contributed by atoms with van der Waals surface area (Å²) in [5.41, 5.74) is 3.29. The van der Waals surface area contributed by atoms with Crippen molar-refractivity contribution in [3.8, 4) is 11.1 Å². The third-order valence-corrected chi connectivity index (χ3v) is 5.16. The molecule has 27 heavy (non-hydrogen) atoms. The summed E-state index contributed by atoms with van der Waals surface area (Å²) in [7, 11) is 0. The fourth-order valence-corrected chi connectivity index (χ4v) is 3.59. The van der Waals surface area contributed by atoms with E-state index in [2.05, 4.69) is 17.4 Å². The summed E-state index contributed by atoms with van der Waals surface area (Å²) in [6.07, 6.45) is 2.00. The molecule has 0 bridgehead atoms. The van der Waals surface area contributed by atoms with Crippen LogP contribution in [0.5, 0.6) is 0 Å². The first-order valence-corrected chi connectivity index (χ1v) is 9.44. The van der Waals surface area contributed by atoms with E-state index >= 15 is 0 Å². The Balaban J connectivity index is 1.46. The quantitative estimate of drug-likeness (QED) is 0.754. The summed E-state index contributed by atoms with van der Waals surface area (Å²) >= 11 is 0. The zero-order valence-corrected chi connectivity index (χ0v) is 15.6. The van der Waals surface area contributed by atoms with E-state index in [4.69, 9.17) is 5.11 Å². The van der Waals surface area contributed by atoms with Crippen LogP contribution in [0.4, 0.5) is 0 Å². The van der Waals surface area contributed by atoms with Crippen molar-refractivity contribution in [1.29, 1.82) is 0 Å². The molecule has 0 spiro atoms. The molecule has 5 nitrogen and oxygen atoms in total. The lowest BCUT2D eigenvalue weighted by atomic mass is 9.85. The molecule has 0 atom stereocenters. The fraction of sp³-hybridized carbons (Fsp3) is 0.364. The number of nitrogens with one attached hydrogen (secondary N) is 1. The van der Waals surface area contributed by atoms with Gasteiger partial charge in [0.25, 0.3) is 0 Å². The largest absolute Gasteiger partial charge is 0.480 e. The highest BCUT2D eigenvalue weighted by atomic mass is 16.4. The van der Waals surface area contributed by atoms with Crippen LogP contribution in [0.2, 0.25) is 0 Å². The molecule has 1 aliphatic carbocycles. The number of amides is 1. The summed E-state index contributed by atoms with van der Waals surface area (Å²) in [4.78, 5) is 25.1. The van der Waals surface area contributed by atoms with Crippen LogP contribution in [0.3, 0.4) is 0 Å². The van der Waals surface area contributed by atoms with E-state index < -0.39 is 5.97 Å². The molecule has 5 heteroatoms. The van der Waals surface area contributed by atoms with Crippen molar-refractivity contribution in [2.75, 3.05) is 13.1 Å². The summed E-state index contributed by atoms with van der Waals surface area (Å²) < 4.78 is 0. The lowest BCUT2D eigenvalue weighted by Crippen LogP contribution is -2.55. The predicted molar refractivity (Wildman–Crippen MR) is 105 cm³/mol. The smallest absolute Gasteiger partial charge is 0.317 e. The number of hydrogen-bond donors (Lipinski definition) is 2. The molecule has 1 saturated carbocycles. The molecule has 0 aromatic heterocycles. The van der Waals surface area contributed by atoms with Crippen molar-refractivity contribution in [3.05, 3.63) is 60.2 Å². The van der Waals surface area contributed by atoms with Crippen molar-refractivity contribution >= 4 is 11.9 Å². The van der Waals surface area contributed by atoms with Crippen LogP contribution in [-0.2, 0) is 16.0 Å². The van der Waals surface area contributed by atoms with Crippen molar-refractivity contribution < 1.29 is 14.7 Å². The Labute approximate surface area is 160 Å². The molecule has 1 amide bonds. The van der Waals surface area contributed by atoms with Gasteiger partial charge in [0.1, 0.15) is 0 Å². The molecule has 0 aliphatic heterocycles. The summed E-state index contributed by atoms with van der Waals surface area (Å²) in [6.45, 7) is 2.74. The van der Waals surface area contributed by atoms with Crippen LogP contribution in [0, 0.1) is 0 Å². The minimum absolute atomic E-state index is 0.0206. The maximum absolute atomic E-state index is 12.3. The topological polar surface area (TPSA) is 69.6 Å².